The Kier molecular flexibility index (Phi) is 4.30. The summed E-state index contributed by atoms with van der Waals surface area (Å²) in [6.07, 6.45) is 5.44. The monoisotopic (exact) mass is 405 g/mol. The van der Waals surface area contributed by atoms with E-state index in [-0.39, 0.29) is 23.1 Å². The summed E-state index contributed by atoms with van der Waals surface area (Å²) in [5, 5.41) is 9.50. The Morgan fingerprint density at radius 1 is 1.23 bits per heavy atom. The van der Waals surface area contributed by atoms with Crippen LogP contribution in [0.2, 0.25) is 0 Å². The molecule has 0 spiro atoms. The molecule has 1 N–H and O–H groups in total. The zero-order valence-electron chi connectivity index (χ0n) is 17.7. The number of aromatic nitrogens is 1. The van der Waals surface area contributed by atoms with Crippen molar-refractivity contribution in [1.29, 1.82) is 0 Å². The molecule has 1 aliphatic carbocycles. The molecule has 1 unspecified atom stereocenters. The van der Waals surface area contributed by atoms with Gasteiger partial charge in [0.05, 0.1) is 6.10 Å². The first-order valence-corrected chi connectivity index (χ1v) is 10.7. The number of carbonyl (C=O) groups is 1. The molecule has 2 aliphatic heterocycles. The van der Waals surface area contributed by atoms with E-state index in [1.54, 1.807) is 6.20 Å². The van der Waals surface area contributed by atoms with E-state index in [1.807, 2.05) is 4.57 Å². The van der Waals surface area contributed by atoms with Gasteiger partial charge in [-0.15, -0.1) is 0 Å². The third-order valence-electron chi connectivity index (χ3n) is 6.88. The fourth-order valence-corrected chi connectivity index (χ4v) is 5.36. The van der Waals surface area contributed by atoms with Crippen molar-refractivity contribution in [3.05, 3.63) is 68.6 Å². The number of benzene rings is 1. The largest absolute Gasteiger partial charge is 0.477 e. The molecule has 2 atom stereocenters. The van der Waals surface area contributed by atoms with E-state index in [0.717, 1.165) is 43.6 Å². The SMILES string of the molecule is CC(C)(C)[C@@H]1CC2=C(Cc3c2cccc3C2CCCO2)c2cc(=O)c(C(=O)O)cn21. The van der Waals surface area contributed by atoms with E-state index in [1.165, 1.54) is 28.3 Å². The van der Waals surface area contributed by atoms with Crippen LogP contribution in [-0.4, -0.2) is 22.2 Å². The summed E-state index contributed by atoms with van der Waals surface area (Å²) in [5.41, 5.74) is 6.49. The van der Waals surface area contributed by atoms with Gasteiger partial charge >= 0.3 is 5.97 Å². The van der Waals surface area contributed by atoms with Gasteiger partial charge in [0.1, 0.15) is 5.56 Å². The van der Waals surface area contributed by atoms with Crippen molar-refractivity contribution in [2.24, 2.45) is 5.41 Å². The van der Waals surface area contributed by atoms with Gasteiger partial charge in [0.25, 0.3) is 0 Å². The van der Waals surface area contributed by atoms with Crippen LogP contribution >= 0.6 is 0 Å². The standard InChI is InChI=1S/C25H27NO4/c1-25(2,3)23-11-17-14-6-4-7-15(22-8-5-9-30-22)16(14)10-18(17)20-12-21(27)19(24(28)29)13-26(20)23/h4,6-7,12-13,22-23H,5,8-11H2,1-3H3,(H,28,29)/t22?,23-/m0/s1. The molecule has 1 aromatic heterocycles. The van der Waals surface area contributed by atoms with Gasteiger partial charge in [-0.25, -0.2) is 4.79 Å². The molecular weight excluding hydrogens is 378 g/mol. The number of nitrogens with zero attached hydrogens (tertiary/aromatic N) is 1. The first-order valence-electron chi connectivity index (χ1n) is 10.7. The highest BCUT2D eigenvalue weighted by molar-refractivity contribution is 5.98. The van der Waals surface area contributed by atoms with Crippen LogP contribution in [0.25, 0.3) is 11.1 Å². The highest BCUT2D eigenvalue weighted by Gasteiger charge is 2.39. The molecule has 0 bridgehead atoms. The van der Waals surface area contributed by atoms with Crippen LogP contribution in [0, 0.1) is 5.41 Å². The molecule has 1 fully saturated rings. The predicted octanol–water partition coefficient (Wildman–Crippen LogP) is 4.86. The number of ether oxygens (including phenoxy) is 1. The van der Waals surface area contributed by atoms with E-state index in [4.69, 9.17) is 4.74 Å². The van der Waals surface area contributed by atoms with Crippen molar-refractivity contribution in [2.75, 3.05) is 6.61 Å². The van der Waals surface area contributed by atoms with E-state index in [2.05, 4.69) is 39.0 Å². The zero-order chi connectivity index (χ0) is 21.2. The second kappa shape index (κ2) is 6.67. The molecule has 5 nitrogen and oxygen atoms in total. The summed E-state index contributed by atoms with van der Waals surface area (Å²) in [5.74, 6) is -1.17. The van der Waals surface area contributed by atoms with Crippen molar-refractivity contribution >= 4 is 17.1 Å². The molecule has 3 aliphatic rings. The highest BCUT2D eigenvalue weighted by Crippen LogP contribution is 2.52. The molecule has 1 saturated heterocycles. The summed E-state index contributed by atoms with van der Waals surface area (Å²) in [6.45, 7) is 7.32. The quantitative estimate of drug-likeness (QED) is 0.775. The Hall–Kier alpha value is -2.66. The minimum absolute atomic E-state index is 0.0716. The average Bonchev–Trinajstić information content (AvgIpc) is 3.33. The van der Waals surface area contributed by atoms with Gasteiger partial charge in [-0.3, -0.25) is 4.79 Å². The number of allylic oxidation sites excluding steroid dienone is 2. The molecule has 3 heterocycles. The maximum atomic E-state index is 12.6. The topological polar surface area (TPSA) is 68.5 Å². The Morgan fingerprint density at radius 3 is 2.70 bits per heavy atom. The molecule has 0 saturated carbocycles. The third kappa shape index (κ3) is 2.87. The van der Waals surface area contributed by atoms with Gasteiger partial charge in [0, 0.05) is 37.0 Å². The Balaban J connectivity index is 1.69. The smallest absolute Gasteiger partial charge is 0.341 e. The van der Waals surface area contributed by atoms with Crippen molar-refractivity contribution in [1.82, 2.24) is 4.57 Å². The van der Waals surface area contributed by atoms with Crippen molar-refractivity contribution in [3.63, 3.8) is 0 Å². The molecule has 30 heavy (non-hydrogen) atoms. The molecule has 0 amide bonds. The van der Waals surface area contributed by atoms with E-state index >= 15 is 0 Å². The lowest BCUT2D eigenvalue weighted by molar-refractivity contribution is 0.0693. The van der Waals surface area contributed by atoms with Crippen molar-refractivity contribution < 1.29 is 14.6 Å². The van der Waals surface area contributed by atoms with Crippen LogP contribution < -0.4 is 5.43 Å². The number of carboxylic acid groups (broad SMARTS) is 1. The van der Waals surface area contributed by atoms with E-state index in [9.17, 15) is 14.7 Å². The van der Waals surface area contributed by atoms with Crippen LogP contribution in [0.1, 0.15) is 84.9 Å². The van der Waals surface area contributed by atoms with Gasteiger partial charge in [-0.05, 0) is 52.5 Å². The third-order valence-corrected chi connectivity index (χ3v) is 6.88. The lowest BCUT2D eigenvalue weighted by atomic mass is 9.78. The number of fused-ring (bicyclic) bond motifs is 4. The number of hydrogen-bond acceptors (Lipinski definition) is 3. The Labute approximate surface area is 176 Å². The fraction of sp³-hybridized carbons (Fsp3) is 0.440. The summed E-state index contributed by atoms with van der Waals surface area (Å²) in [4.78, 5) is 24.2. The lowest BCUT2D eigenvalue weighted by Crippen LogP contribution is -2.32. The van der Waals surface area contributed by atoms with Crippen LogP contribution in [0.3, 0.4) is 0 Å². The van der Waals surface area contributed by atoms with Crippen molar-refractivity contribution in [2.45, 2.75) is 58.6 Å². The van der Waals surface area contributed by atoms with Gasteiger partial charge in [0.15, 0.2) is 5.43 Å². The molecule has 156 valence electrons. The normalized spacial score (nSPS) is 22.6. The molecule has 1 aromatic carbocycles. The molecule has 5 rings (SSSR count). The van der Waals surface area contributed by atoms with Gasteiger partial charge < -0.3 is 14.4 Å². The first-order chi connectivity index (χ1) is 14.3. The second-order valence-corrected chi connectivity index (χ2v) is 9.74. The number of aromatic carboxylic acids is 1. The van der Waals surface area contributed by atoms with Crippen LogP contribution in [0.15, 0.2) is 35.3 Å². The summed E-state index contributed by atoms with van der Waals surface area (Å²) >= 11 is 0. The average molecular weight is 405 g/mol. The number of pyridine rings is 1. The lowest BCUT2D eigenvalue weighted by Gasteiger charge is -2.39. The Bertz CT molecular complexity index is 1140. The summed E-state index contributed by atoms with van der Waals surface area (Å²) in [7, 11) is 0. The van der Waals surface area contributed by atoms with E-state index < -0.39 is 11.4 Å². The number of rotatable bonds is 2. The first kappa shape index (κ1) is 19.3. The molecule has 2 aromatic rings. The number of carboxylic acids is 1. The molecule has 0 radical (unpaired) electrons. The van der Waals surface area contributed by atoms with Crippen LogP contribution in [-0.2, 0) is 11.2 Å². The van der Waals surface area contributed by atoms with Crippen LogP contribution in [0.5, 0.6) is 0 Å². The van der Waals surface area contributed by atoms with E-state index in [0.29, 0.717) is 0 Å². The maximum absolute atomic E-state index is 12.6. The molecular formula is C25H27NO4. The van der Waals surface area contributed by atoms with Gasteiger partial charge in [0.2, 0.25) is 0 Å². The maximum Gasteiger partial charge on any atom is 0.341 e. The fourth-order valence-electron chi connectivity index (χ4n) is 5.36. The summed E-state index contributed by atoms with van der Waals surface area (Å²) in [6, 6.07) is 8.09. The Morgan fingerprint density at radius 2 is 2.03 bits per heavy atom. The van der Waals surface area contributed by atoms with Gasteiger partial charge in [-0.2, -0.15) is 0 Å². The second-order valence-electron chi connectivity index (χ2n) is 9.74. The van der Waals surface area contributed by atoms with Crippen molar-refractivity contribution in [3.8, 4) is 0 Å². The highest BCUT2D eigenvalue weighted by atomic mass is 16.5. The van der Waals surface area contributed by atoms with Crippen LogP contribution in [0.4, 0.5) is 0 Å². The van der Waals surface area contributed by atoms with Gasteiger partial charge in [-0.1, -0.05) is 39.0 Å². The molecule has 5 heteroatoms. The zero-order valence-corrected chi connectivity index (χ0v) is 17.7. The number of hydrogen-bond donors (Lipinski definition) is 1. The minimum atomic E-state index is -1.17. The summed E-state index contributed by atoms with van der Waals surface area (Å²) < 4.78 is 8.03. The predicted molar refractivity (Wildman–Crippen MR) is 116 cm³/mol. The minimum Gasteiger partial charge on any atom is -0.477 e.